The van der Waals surface area contributed by atoms with Gasteiger partial charge in [0, 0.05) is 18.0 Å². The van der Waals surface area contributed by atoms with Crippen LogP contribution in [0.3, 0.4) is 0 Å². The number of hydrogen-bond donors (Lipinski definition) is 0. The molecule has 0 aliphatic heterocycles. The summed E-state index contributed by atoms with van der Waals surface area (Å²) in [5.74, 6) is 1.53. The number of benzene rings is 1. The zero-order valence-corrected chi connectivity index (χ0v) is 13.6. The van der Waals surface area contributed by atoms with Crippen LogP contribution in [0.15, 0.2) is 48.8 Å². The lowest BCUT2D eigenvalue weighted by Gasteiger charge is -1.98. The van der Waals surface area contributed by atoms with E-state index in [1.807, 2.05) is 48.6 Å². The second-order valence-electron chi connectivity index (χ2n) is 5.01. The number of ether oxygens (including phenoxy) is 1. The molecule has 0 aliphatic rings. The van der Waals surface area contributed by atoms with Crippen LogP contribution in [-0.2, 0) is 0 Å². The summed E-state index contributed by atoms with van der Waals surface area (Å²) in [6.07, 6.45) is 7.46. The molecule has 0 saturated heterocycles. The molecule has 24 heavy (non-hydrogen) atoms. The SMILES string of the molecule is COc1ccc(/C=C\c2nn3c(-c4cccnc4)nnc3s2)cc1. The molecule has 0 bridgehead atoms. The lowest BCUT2D eigenvalue weighted by molar-refractivity contribution is 0.415. The van der Waals surface area contributed by atoms with E-state index in [0.717, 1.165) is 26.8 Å². The fourth-order valence-corrected chi connectivity index (χ4v) is 3.00. The molecule has 118 valence electrons. The molecule has 6 nitrogen and oxygen atoms in total. The molecule has 0 radical (unpaired) electrons. The fraction of sp³-hybridized carbons (Fsp3) is 0.0588. The molecule has 4 rings (SSSR count). The van der Waals surface area contributed by atoms with Crippen molar-refractivity contribution in [2.45, 2.75) is 0 Å². The third kappa shape index (κ3) is 2.77. The van der Waals surface area contributed by atoms with Crippen LogP contribution in [-0.4, -0.2) is 31.9 Å². The van der Waals surface area contributed by atoms with E-state index in [9.17, 15) is 0 Å². The van der Waals surface area contributed by atoms with Crippen molar-refractivity contribution in [3.63, 3.8) is 0 Å². The number of aromatic nitrogens is 5. The Morgan fingerprint density at radius 2 is 1.96 bits per heavy atom. The lowest BCUT2D eigenvalue weighted by atomic mass is 10.2. The molecule has 1 aromatic carbocycles. The molecular weight excluding hydrogens is 322 g/mol. The van der Waals surface area contributed by atoms with E-state index < -0.39 is 0 Å². The molecule has 0 atom stereocenters. The van der Waals surface area contributed by atoms with Crippen molar-refractivity contribution in [3.8, 4) is 17.1 Å². The maximum absolute atomic E-state index is 5.16. The van der Waals surface area contributed by atoms with Crippen LogP contribution in [0.1, 0.15) is 10.6 Å². The molecule has 0 amide bonds. The van der Waals surface area contributed by atoms with E-state index in [-0.39, 0.29) is 0 Å². The van der Waals surface area contributed by atoms with E-state index in [1.54, 1.807) is 24.0 Å². The Bertz CT molecular complexity index is 989. The second-order valence-corrected chi connectivity index (χ2v) is 5.99. The smallest absolute Gasteiger partial charge is 0.235 e. The first-order chi connectivity index (χ1) is 11.8. The third-order valence-corrected chi connectivity index (χ3v) is 4.32. The molecule has 3 aromatic heterocycles. The van der Waals surface area contributed by atoms with Crippen molar-refractivity contribution in [2.24, 2.45) is 0 Å². The van der Waals surface area contributed by atoms with Crippen LogP contribution in [0, 0.1) is 0 Å². The van der Waals surface area contributed by atoms with Gasteiger partial charge in [0.25, 0.3) is 0 Å². The number of hydrogen-bond acceptors (Lipinski definition) is 6. The summed E-state index contributed by atoms with van der Waals surface area (Å²) in [7, 11) is 1.66. The molecule has 4 aromatic rings. The van der Waals surface area contributed by atoms with E-state index >= 15 is 0 Å². The third-order valence-electron chi connectivity index (χ3n) is 3.46. The monoisotopic (exact) mass is 335 g/mol. The molecule has 3 heterocycles. The Morgan fingerprint density at radius 3 is 2.71 bits per heavy atom. The van der Waals surface area contributed by atoms with Gasteiger partial charge in [-0.25, -0.2) is 0 Å². The standard InChI is InChI=1S/C17H13N5OS/c1-23-14-7-4-12(5-8-14)6-9-15-21-22-16(19-20-17(22)24-15)13-3-2-10-18-11-13/h2-11H,1H3/b9-6-. The summed E-state index contributed by atoms with van der Waals surface area (Å²) in [5, 5.41) is 13.8. The van der Waals surface area contributed by atoms with Gasteiger partial charge in [0.2, 0.25) is 4.96 Å². The van der Waals surface area contributed by atoms with Crippen LogP contribution in [0.4, 0.5) is 0 Å². The van der Waals surface area contributed by atoms with Crippen molar-refractivity contribution < 1.29 is 4.74 Å². The highest BCUT2D eigenvalue weighted by molar-refractivity contribution is 7.17. The van der Waals surface area contributed by atoms with Gasteiger partial charge in [-0.1, -0.05) is 29.5 Å². The normalized spacial score (nSPS) is 11.4. The van der Waals surface area contributed by atoms with Crippen molar-refractivity contribution in [2.75, 3.05) is 7.11 Å². The van der Waals surface area contributed by atoms with Gasteiger partial charge < -0.3 is 4.74 Å². The van der Waals surface area contributed by atoms with Gasteiger partial charge in [-0.05, 0) is 35.9 Å². The van der Waals surface area contributed by atoms with Crippen molar-refractivity contribution in [1.29, 1.82) is 0 Å². The fourth-order valence-electron chi connectivity index (χ4n) is 2.26. The van der Waals surface area contributed by atoms with Gasteiger partial charge in [0.1, 0.15) is 10.8 Å². The van der Waals surface area contributed by atoms with Gasteiger partial charge in [-0.15, -0.1) is 10.2 Å². The second kappa shape index (κ2) is 6.21. The summed E-state index contributed by atoms with van der Waals surface area (Å²) >= 11 is 1.49. The Labute approximate surface area is 142 Å². The number of fused-ring (bicyclic) bond motifs is 1. The largest absolute Gasteiger partial charge is 0.497 e. The van der Waals surface area contributed by atoms with Gasteiger partial charge in [-0.2, -0.15) is 9.61 Å². The van der Waals surface area contributed by atoms with E-state index in [4.69, 9.17) is 4.74 Å². The average Bonchev–Trinajstić information content (AvgIpc) is 3.21. The zero-order chi connectivity index (χ0) is 16.4. The first-order valence-electron chi connectivity index (χ1n) is 7.28. The van der Waals surface area contributed by atoms with Crippen molar-refractivity contribution in [3.05, 3.63) is 59.4 Å². The maximum atomic E-state index is 5.16. The zero-order valence-electron chi connectivity index (χ0n) is 12.8. The predicted molar refractivity (Wildman–Crippen MR) is 93.8 cm³/mol. The van der Waals surface area contributed by atoms with Crippen molar-refractivity contribution >= 4 is 28.4 Å². The quantitative estimate of drug-likeness (QED) is 0.572. The summed E-state index contributed by atoms with van der Waals surface area (Å²) in [6, 6.07) is 11.7. The highest BCUT2D eigenvalue weighted by Crippen LogP contribution is 2.22. The highest BCUT2D eigenvalue weighted by Gasteiger charge is 2.12. The summed E-state index contributed by atoms with van der Waals surface area (Å²) < 4.78 is 6.90. The molecule has 0 fully saturated rings. The molecule has 0 aliphatic carbocycles. The predicted octanol–water partition coefficient (Wildman–Crippen LogP) is 3.43. The number of methoxy groups -OCH3 is 1. The molecule has 0 unspecified atom stereocenters. The molecular formula is C17H13N5OS. The number of nitrogens with zero attached hydrogens (tertiary/aromatic N) is 5. The van der Waals surface area contributed by atoms with E-state index in [1.165, 1.54) is 11.3 Å². The van der Waals surface area contributed by atoms with Crippen LogP contribution < -0.4 is 4.74 Å². The minimum absolute atomic E-state index is 0.693. The summed E-state index contributed by atoms with van der Waals surface area (Å²) in [6.45, 7) is 0. The first kappa shape index (κ1) is 14.5. The van der Waals surface area contributed by atoms with Gasteiger partial charge in [0.05, 0.1) is 7.11 Å². The van der Waals surface area contributed by atoms with Gasteiger partial charge in [0.15, 0.2) is 5.82 Å². The molecule has 0 N–H and O–H groups in total. The van der Waals surface area contributed by atoms with Crippen LogP contribution in [0.5, 0.6) is 5.75 Å². The Kier molecular flexibility index (Phi) is 3.76. The van der Waals surface area contributed by atoms with Crippen LogP contribution >= 0.6 is 11.3 Å². The van der Waals surface area contributed by atoms with Crippen LogP contribution in [0.25, 0.3) is 28.5 Å². The van der Waals surface area contributed by atoms with Gasteiger partial charge >= 0.3 is 0 Å². The van der Waals surface area contributed by atoms with E-state index in [2.05, 4.69) is 20.3 Å². The minimum Gasteiger partial charge on any atom is -0.497 e. The average molecular weight is 335 g/mol. The highest BCUT2D eigenvalue weighted by atomic mass is 32.1. The topological polar surface area (TPSA) is 65.2 Å². The molecule has 0 saturated carbocycles. The molecule has 0 spiro atoms. The van der Waals surface area contributed by atoms with Gasteiger partial charge in [-0.3, -0.25) is 4.98 Å². The van der Waals surface area contributed by atoms with Crippen molar-refractivity contribution in [1.82, 2.24) is 24.8 Å². The molecule has 7 heteroatoms. The number of pyridine rings is 1. The Balaban J connectivity index is 1.63. The first-order valence-corrected chi connectivity index (χ1v) is 8.10. The maximum Gasteiger partial charge on any atom is 0.235 e. The summed E-state index contributed by atoms with van der Waals surface area (Å²) in [5.41, 5.74) is 1.97. The Hall–Kier alpha value is -3.06. The van der Waals surface area contributed by atoms with Crippen LogP contribution in [0.2, 0.25) is 0 Å². The minimum atomic E-state index is 0.693. The van der Waals surface area contributed by atoms with E-state index in [0.29, 0.717) is 5.82 Å². The summed E-state index contributed by atoms with van der Waals surface area (Å²) in [4.78, 5) is 4.87. The Morgan fingerprint density at radius 1 is 1.08 bits per heavy atom. The lowest BCUT2D eigenvalue weighted by Crippen LogP contribution is -1.91. The number of rotatable bonds is 4.